The summed E-state index contributed by atoms with van der Waals surface area (Å²) < 4.78 is 11.3. The van der Waals surface area contributed by atoms with E-state index in [0.717, 1.165) is 33.4 Å². The Balaban J connectivity index is 2.06. The van der Waals surface area contributed by atoms with Gasteiger partial charge in [0.1, 0.15) is 22.6 Å². The van der Waals surface area contributed by atoms with Crippen LogP contribution in [-0.2, 0) is 6.42 Å². The Kier molecular flexibility index (Phi) is 3.40. The molecule has 2 heterocycles. The maximum absolute atomic E-state index is 5.90. The minimum absolute atomic E-state index is 0.00190. The van der Waals surface area contributed by atoms with Crippen molar-refractivity contribution in [1.82, 2.24) is 4.98 Å². The molecule has 0 amide bonds. The van der Waals surface area contributed by atoms with Crippen LogP contribution in [0.25, 0.3) is 10.6 Å². The molecule has 0 radical (unpaired) electrons. The number of hydrogen-bond acceptors (Lipinski definition) is 5. The molecule has 2 N–H and O–H groups in total. The van der Waals surface area contributed by atoms with Gasteiger partial charge in [-0.1, -0.05) is 0 Å². The van der Waals surface area contributed by atoms with Crippen molar-refractivity contribution in [3.8, 4) is 22.1 Å². The highest BCUT2D eigenvalue weighted by Gasteiger charge is 2.23. The summed E-state index contributed by atoms with van der Waals surface area (Å²) in [6.45, 7) is 4.03. The average Bonchev–Trinajstić information content (AvgIpc) is 3.01. The highest BCUT2D eigenvalue weighted by molar-refractivity contribution is 7.15. The van der Waals surface area contributed by atoms with Crippen LogP contribution in [0.2, 0.25) is 0 Å². The second-order valence-electron chi connectivity index (χ2n) is 5.15. The van der Waals surface area contributed by atoms with Gasteiger partial charge in [-0.15, -0.1) is 11.3 Å². The van der Waals surface area contributed by atoms with Gasteiger partial charge in [-0.05, 0) is 26.0 Å². The molecule has 3 rings (SSSR count). The fourth-order valence-electron chi connectivity index (χ4n) is 2.40. The van der Waals surface area contributed by atoms with Crippen molar-refractivity contribution in [1.29, 1.82) is 0 Å². The monoisotopic (exact) mass is 290 g/mol. The van der Waals surface area contributed by atoms with E-state index < -0.39 is 0 Å². The third-order valence-corrected chi connectivity index (χ3v) is 4.65. The van der Waals surface area contributed by atoms with Crippen LogP contribution in [-0.4, -0.2) is 18.2 Å². The normalized spacial score (nSPS) is 18.5. The summed E-state index contributed by atoms with van der Waals surface area (Å²) in [5.74, 6) is 1.78. The minimum atomic E-state index is -0.00190. The van der Waals surface area contributed by atoms with Gasteiger partial charge in [-0.3, -0.25) is 0 Å². The van der Waals surface area contributed by atoms with E-state index in [-0.39, 0.29) is 12.1 Å². The molecule has 0 aliphatic carbocycles. The van der Waals surface area contributed by atoms with E-state index in [1.54, 1.807) is 18.4 Å². The third-order valence-electron chi connectivity index (χ3n) is 3.42. The summed E-state index contributed by atoms with van der Waals surface area (Å²) in [6.07, 6.45) is 2.98. The zero-order chi connectivity index (χ0) is 14.3. The number of nitrogens with two attached hydrogens (primary N) is 1. The Bertz CT molecular complexity index is 637. The fraction of sp³-hybridized carbons (Fsp3) is 0.400. The number of hydrogen-bond donors (Lipinski definition) is 1. The van der Waals surface area contributed by atoms with Gasteiger partial charge in [0.15, 0.2) is 0 Å². The van der Waals surface area contributed by atoms with Crippen molar-refractivity contribution < 1.29 is 9.47 Å². The first-order chi connectivity index (χ1) is 9.58. The Morgan fingerprint density at radius 2 is 2.30 bits per heavy atom. The molecular weight excluding hydrogens is 272 g/mol. The standard InChI is InChI=1S/C15H18N2O2S/c1-8-4-10-5-13(18-3)11(6-12(10)19-8)15-17-7-14(20-15)9(2)16/h5-9H,4,16H2,1-3H3. The summed E-state index contributed by atoms with van der Waals surface area (Å²) >= 11 is 1.60. The van der Waals surface area contributed by atoms with E-state index in [1.807, 2.05) is 19.2 Å². The molecule has 2 aromatic rings. The van der Waals surface area contributed by atoms with Gasteiger partial charge in [-0.25, -0.2) is 4.98 Å². The SMILES string of the molecule is COc1cc2c(cc1-c1ncc(C(C)N)s1)OC(C)C2. The van der Waals surface area contributed by atoms with E-state index in [2.05, 4.69) is 18.0 Å². The van der Waals surface area contributed by atoms with Crippen molar-refractivity contribution in [3.05, 3.63) is 28.8 Å². The minimum Gasteiger partial charge on any atom is -0.496 e. The van der Waals surface area contributed by atoms with Crippen LogP contribution in [0.3, 0.4) is 0 Å². The van der Waals surface area contributed by atoms with Crippen molar-refractivity contribution in [2.24, 2.45) is 5.73 Å². The molecule has 1 aliphatic heterocycles. The highest BCUT2D eigenvalue weighted by Crippen LogP contribution is 2.41. The summed E-state index contributed by atoms with van der Waals surface area (Å²) in [6, 6.07) is 4.08. The molecule has 1 aromatic heterocycles. The van der Waals surface area contributed by atoms with E-state index in [4.69, 9.17) is 15.2 Å². The highest BCUT2D eigenvalue weighted by atomic mass is 32.1. The lowest BCUT2D eigenvalue weighted by Gasteiger charge is -2.09. The molecule has 4 nitrogen and oxygen atoms in total. The first kappa shape index (κ1) is 13.4. The van der Waals surface area contributed by atoms with Crippen molar-refractivity contribution in [3.63, 3.8) is 0 Å². The Labute approximate surface area is 122 Å². The molecule has 0 spiro atoms. The number of thiazole rings is 1. The molecule has 2 atom stereocenters. The molecule has 0 fully saturated rings. The molecule has 0 saturated heterocycles. The molecule has 1 aliphatic rings. The summed E-state index contributed by atoms with van der Waals surface area (Å²) in [5, 5.41) is 0.917. The summed E-state index contributed by atoms with van der Waals surface area (Å²) in [7, 11) is 1.69. The van der Waals surface area contributed by atoms with Gasteiger partial charge in [-0.2, -0.15) is 0 Å². The lowest BCUT2D eigenvalue weighted by Crippen LogP contribution is -2.05. The van der Waals surface area contributed by atoms with Crippen molar-refractivity contribution >= 4 is 11.3 Å². The summed E-state index contributed by atoms with van der Waals surface area (Å²) in [5.41, 5.74) is 8.06. The van der Waals surface area contributed by atoms with Crippen LogP contribution in [0.1, 0.15) is 30.3 Å². The zero-order valence-corrected chi connectivity index (χ0v) is 12.7. The third kappa shape index (κ3) is 2.27. The number of methoxy groups -OCH3 is 1. The number of fused-ring (bicyclic) bond motifs is 1. The van der Waals surface area contributed by atoms with Crippen LogP contribution in [0, 0.1) is 0 Å². The van der Waals surface area contributed by atoms with Gasteiger partial charge >= 0.3 is 0 Å². The molecule has 5 heteroatoms. The molecule has 0 saturated carbocycles. The van der Waals surface area contributed by atoms with Crippen LogP contribution in [0.15, 0.2) is 18.3 Å². The second-order valence-corrected chi connectivity index (χ2v) is 6.21. The van der Waals surface area contributed by atoms with E-state index >= 15 is 0 Å². The molecule has 106 valence electrons. The number of aromatic nitrogens is 1. The lowest BCUT2D eigenvalue weighted by atomic mass is 10.1. The van der Waals surface area contributed by atoms with Gasteiger partial charge in [0, 0.05) is 29.1 Å². The Hall–Kier alpha value is -1.59. The number of nitrogens with zero attached hydrogens (tertiary/aromatic N) is 1. The van der Waals surface area contributed by atoms with E-state index in [0.29, 0.717) is 0 Å². The molecule has 0 bridgehead atoms. The zero-order valence-electron chi connectivity index (χ0n) is 11.8. The number of benzene rings is 1. The van der Waals surface area contributed by atoms with Gasteiger partial charge in [0.2, 0.25) is 0 Å². The first-order valence-corrected chi connectivity index (χ1v) is 7.49. The van der Waals surface area contributed by atoms with Crippen LogP contribution in [0.5, 0.6) is 11.5 Å². The topological polar surface area (TPSA) is 57.4 Å². The van der Waals surface area contributed by atoms with Gasteiger partial charge in [0.05, 0.1) is 12.7 Å². The predicted octanol–water partition coefficient (Wildman–Crippen LogP) is 3.16. The van der Waals surface area contributed by atoms with Crippen LogP contribution in [0.4, 0.5) is 0 Å². The quantitative estimate of drug-likeness (QED) is 0.943. The van der Waals surface area contributed by atoms with Crippen LogP contribution < -0.4 is 15.2 Å². The first-order valence-electron chi connectivity index (χ1n) is 6.67. The van der Waals surface area contributed by atoms with Gasteiger partial charge < -0.3 is 15.2 Å². The largest absolute Gasteiger partial charge is 0.496 e. The Morgan fingerprint density at radius 1 is 1.50 bits per heavy atom. The molecule has 2 unspecified atom stereocenters. The van der Waals surface area contributed by atoms with E-state index in [9.17, 15) is 0 Å². The van der Waals surface area contributed by atoms with Crippen LogP contribution >= 0.6 is 11.3 Å². The molecule has 1 aromatic carbocycles. The second kappa shape index (κ2) is 5.07. The van der Waals surface area contributed by atoms with Crippen molar-refractivity contribution in [2.75, 3.05) is 7.11 Å². The Morgan fingerprint density at radius 3 is 2.95 bits per heavy atom. The van der Waals surface area contributed by atoms with Crippen molar-refractivity contribution in [2.45, 2.75) is 32.4 Å². The number of ether oxygens (including phenoxy) is 2. The average molecular weight is 290 g/mol. The predicted molar refractivity (Wildman–Crippen MR) is 80.5 cm³/mol. The maximum atomic E-state index is 5.90. The van der Waals surface area contributed by atoms with Gasteiger partial charge in [0.25, 0.3) is 0 Å². The fourth-order valence-corrected chi connectivity index (χ4v) is 3.29. The number of rotatable bonds is 3. The summed E-state index contributed by atoms with van der Waals surface area (Å²) in [4.78, 5) is 5.53. The smallest absolute Gasteiger partial charge is 0.129 e. The van der Waals surface area contributed by atoms with E-state index in [1.165, 1.54) is 5.56 Å². The maximum Gasteiger partial charge on any atom is 0.129 e. The lowest BCUT2D eigenvalue weighted by molar-refractivity contribution is 0.254. The molecule has 20 heavy (non-hydrogen) atoms. The molecular formula is C15H18N2O2S.